The van der Waals surface area contributed by atoms with Crippen molar-refractivity contribution < 1.29 is 4.79 Å². The largest absolute Gasteiger partial charge is 0.350 e. The van der Waals surface area contributed by atoms with E-state index < -0.39 is 0 Å². The predicted molar refractivity (Wildman–Crippen MR) is 77.1 cm³/mol. The van der Waals surface area contributed by atoms with Crippen molar-refractivity contribution in [3.63, 3.8) is 0 Å². The van der Waals surface area contributed by atoms with Crippen LogP contribution in [0.3, 0.4) is 0 Å². The molecule has 0 spiro atoms. The highest BCUT2D eigenvalue weighted by Crippen LogP contribution is 2.15. The van der Waals surface area contributed by atoms with Gasteiger partial charge in [-0.15, -0.1) is 0 Å². The molecule has 1 amide bonds. The van der Waals surface area contributed by atoms with Crippen LogP contribution in [-0.2, 0) is 0 Å². The Morgan fingerprint density at radius 2 is 1.89 bits per heavy atom. The molecule has 0 fully saturated rings. The van der Waals surface area contributed by atoms with Crippen LogP contribution in [0.4, 0.5) is 0 Å². The third-order valence-corrected chi connectivity index (χ3v) is 3.24. The summed E-state index contributed by atoms with van der Waals surface area (Å²) in [4.78, 5) is 12.0. The van der Waals surface area contributed by atoms with Crippen LogP contribution < -0.4 is 5.32 Å². The number of halogens is 1. The van der Waals surface area contributed by atoms with E-state index in [4.69, 9.17) is 11.6 Å². The molecule has 0 bridgehead atoms. The number of benzene rings is 1. The number of carbonyl (C=O) groups excluding carboxylic acids is 1. The Labute approximate surface area is 115 Å². The second kappa shape index (κ2) is 7.42. The molecule has 0 saturated carbocycles. The van der Waals surface area contributed by atoms with Crippen LogP contribution in [0, 0.1) is 5.92 Å². The van der Waals surface area contributed by atoms with Gasteiger partial charge in [0.1, 0.15) is 0 Å². The molecule has 1 N–H and O–H groups in total. The number of hydrogen-bond donors (Lipinski definition) is 1. The zero-order valence-electron chi connectivity index (χ0n) is 11.4. The normalized spacial score (nSPS) is 12.5. The summed E-state index contributed by atoms with van der Waals surface area (Å²) in [5, 5.41) is 3.49. The number of rotatable bonds is 6. The van der Waals surface area contributed by atoms with Crippen LogP contribution in [0.1, 0.15) is 50.4 Å². The molecule has 0 aliphatic heterocycles. The Morgan fingerprint density at radius 3 is 2.50 bits per heavy atom. The van der Waals surface area contributed by atoms with Gasteiger partial charge in [-0.2, -0.15) is 0 Å². The molecular weight excluding hydrogens is 246 g/mol. The van der Waals surface area contributed by atoms with E-state index in [9.17, 15) is 4.79 Å². The second-order valence-electron chi connectivity index (χ2n) is 5.18. The quantitative estimate of drug-likeness (QED) is 0.819. The SMILES string of the molecule is CC(C)CCC[C@H](C)NC(=O)c1ccccc1Cl. The summed E-state index contributed by atoms with van der Waals surface area (Å²) in [6, 6.07) is 7.32. The summed E-state index contributed by atoms with van der Waals surface area (Å²) < 4.78 is 0. The maximum atomic E-state index is 12.0. The van der Waals surface area contributed by atoms with Crippen molar-refractivity contribution in [1.82, 2.24) is 5.32 Å². The molecule has 0 heterocycles. The van der Waals surface area contributed by atoms with Crippen LogP contribution in [0.15, 0.2) is 24.3 Å². The average Bonchev–Trinajstić information content (AvgIpc) is 2.28. The lowest BCUT2D eigenvalue weighted by Gasteiger charge is -2.15. The summed E-state index contributed by atoms with van der Waals surface area (Å²) in [6.07, 6.45) is 3.35. The van der Waals surface area contributed by atoms with Crippen molar-refractivity contribution in [1.29, 1.82) is 0 Å². The van der Waals surface area contributed by atoms with Gasteiger partial charge in [-0.1, -0.05) is 50.4 Å². The van der Waals surface area contributed by atoms with Crippen molar-refractivity contribution in [2.24, 2.45) is 5.92 Å². The third-order valence-electron chi connectivity index (χ3n) is 2.91. The molecule has 1 aromatic rings. The highest BCUT2D eigenvalue weighted by Gasteiger charge is 2.12. The molecular formula is C15H22ClNO. The van der Waals surface area contributed by atoms with Crippen molar-refractivity contribution in [2.75, 3.05) is 0 Å². The fraction of sp³-hybridized carbons (Fsp3) is 0.533. The van der Waals surface area contributed by atoms with E-state index in [-0.39, 0.29) is 11.9 Å². The highest BCUT2D eigenvalue weighted by atomic mass is 35.5. The van der Waals surface area contributed by atoms with Crippen LogP contribution >= 0.6 is 11.6 Å². The first-order chi connectivity index (χ1) is 8.50. The first kappa shape index (κ1) is 15.0. The monoisotopic (exact) mass is 267 g/mol. The van der Waals surface area contributed by atoms with E-state index in [1.54, 1.807) is 12.1 Å². The molecule has 1 aromatic carbocycles. The summed E-state index contributed by atoms with van der Waals surface area (Å²) >= 11 is 5.99. The predicted octanol–water partition coefficient (Wildman–Crippen LogP) is 4.28. The Bertz CT molecular complexity index is 390. The number of hydrogen-bond acceptors (Lipinski definition) is 1. The number of carbonyl (C=O) groups is 1. The molecule has 0 radical (unpaired) electrons. The topological polar surface area (TPSA) is 29.1 Å². The third kappa shape index (κ3) is 5.09. The van der Waals surface area contributed by atoms with Crippen molar-refractivity contribution in [3.05, 3.63) is 34.9 Å². The number of nitrogens with one attached hydrogen (secondary N) is 1. The summed E-state index contributed by atoms with van der Waals surface area (Å²) in [7, 11) is 0. The average molecular weight is 268 g/mol. The van der Waals surface area contributed by atoms with Gasteiger partial charge in [-0.05, 0) is 31.4 Å². The molecule has 2 nitrogen and oxygen atoms in total. The number of amides is 1. The standard InChI is InChI=1S/C15H22ClNO/c1-11(2)7-6-8-12(3)17-15(18)13-9-4-5-10-14(13)16/h4-5,9-12H,6-8H2,1-3H3,(H,17,18)/t12-/m0/s1. The van der Waals surface area contributed by atoms with Crippen LogP contribution in [0.2, 0.25) is 5.02 Å². The van der Waals surface area contributed by atoms with Crippen molar-refractivity contribution in [2.45, 2.75) is 46.1 Å². The Hall–Kier alpha value is -1.02. The van der Waals surface area contributed by atoms with Gasteiger partial charge in [0.25, 0.3) is 5.91 Å². The van der Waals surface area contributed by atoms with Gasteiger partial charge in [-0.3, -0.25) is 4.79 Å². The highest BCUT2D eigenvalue weighted by molar-refractivity contribution is 6.33. The van der Waals surface area contributed by atoms with Crippen molar-refractivity contribution >= 4 is 17.5 Å². The summed E-state index contributed by atoms with van der Waals surface area (Å²) in [5.41, 5.74) is 0.551. The minimum Gasteiger partial charge on any atom is -0.350 e. The first-order valence-corrected chi connectivity index (χ1v) is 6.94. The van der Waals surface area contributed by atoms with E-state index in [0.717, 1.165) is 18.8 Å². The van der Waals surface area contributed by atoms with Gasteiger partial charge in [0, 0.05) is 6.04 Å². The molecule has 0 saturated heterocycles. The van der Waals surface area contributed by atoms with E-state index in [0.29, 0.717) is 10.6 Å². The lowest BCUT2D eigenvalue weighted by atomic mass is 10.0. The van der Waals surface area contributed by atoms with Gasteiger partial charge in [0.2, 0.25) is 0 Å². The molecule has 0 aliphatic rings. The smallest absolute Gasteiger partial charge is 0.252 e. The van der Waals surface area contributed by atoms with Crippen LogP contribution in [0.25, 0.3) is 0 Å². The van der Waals surface area contributed by atoms with E-state index >= 15 is 0 Å². The molecule has 0 aromatic heterocycles. The van der Waals surface area contributed by atoms with Crippen molar-refractivity contribution in [3.8, 4) is 0 Å². The zero-order valence-corrected chi connectivity index (χ0v) is 12.1. The molecule has 18 heavy (non-hydrogen) atoms. The molecule has 1 atom stereocenters. The Balaban J connectivity index is 2.43. The van der Waals surface area contributed by atoms with Crippen LogP contribution in [-0.4, -0.2) is 11.9 Å². The van der Waals surface area contributed by atoms with E-state index in [1.165, 1.54) is 6.42 Å². The van der Waals surface area contributed by atoms with Gasteiger partial charge >= 0.3 is 0 Å². The zero-order chi connectivity index (χ0) is 13.5. The Morgan fingerprint density at radius 1 is 1.22 bits per heavy atom. The fourth-order valence-electron chi connectivity index (χ4n) is 1.85. The fourth-order valence-corrected chi connectivity index (χ4v) is 2.07. The molecule has 1 rings (SSSR count). The minimum absolute atomic E-state index is 0.0855. The van der Waals surface area contributed by atoms with Crippen LogP contribution in [0.5, 0.6) is 0 Å². The lowest BCUT2D eigenvalue weighted by Crippen LogP contribution is -2.32. The maximum absolute atomic E-state index is 12.0. The summed E-state index contributed by atoms with van der Waals surface area (Å²) in [5.74, 6) is 0.633. The van der Waals surface area contributed by atoms with Gasteiger partial charge in [-0.25, -0.2) is 0 Å². The minimum atomic E-state index is -0.0855. The van der Waals surface area contributed by atoms with E-state index in [2.05, 4.69) is 19.2 Å². The van der Waals surface area contributed by atoms with Gasteiger partial charge < -0.3 is 5.32 Å². The molecule has 3 heteroatoms. The lowest BCUT2D eigenvalue weighted by molar-refractivity contribution is 0.0938. The summed E-state index contributed by atoms with van der Waals surface area (Å²) in [6.45, 7) is 6.47. The molecule has 0 aliphatic carbocycles. The molecule has 0 unspecified atom stereocenters. The second-order valence-corrected chi connectivity index (χ2v) is 5.59. The Kier molecular flexibility index (Phi) is 6.20. The molecule has 100 valence electrons. The van der Waals surface area contributed by atoms with E-state index in [1.807, 2.05) is 19.1 Å². The van der Waals surface area contributed by atoms with Gasteiger partial charge in [0.05, 0.1) is 10.6 Å². The maximum Gasteiger partial charge on any atom is 0.252 e. The van der Waals surface area contributed by atoms with Gasteiger partial charge in [0.15, 0.2) is 0 Å². The first-order valence-electron chi connectivity index (χ1n) is 6.56.